The molecule has 2 heterocycles. The molecule has 1 atom stereocenters. The molecule has 0 aliphatic carbocycles. The summed E-state index contributed by atoms with van der Waals surface area (Å²) in [5.74, 6) is 0.777. The maximum absolute atomic E-state index is 13.4. The van der Waals surface area contributed by atoms with Crippen molar-refractivity contribution in [3.63, 3.8) is 0 Å². The Morgan fingerprint density at radius 3 is 2.30 bits per heavy atom. The minimum absolute atomic E-state index is 0.0567. The molecule has 33 heavy (non-hydrogen) atoms. The number of benzene rings is 2. The Kier molecular flexibility index (Phi) is 6.90. The molecule has 0 spiro atoms. The van der Waals surface area contributed by atoms with Crippen LogP contribution in [0.1, 0.15) is 37.3 Å². The molecule has 2 aliphatic heterocycles. The van der Waals surface area contributed by atoms with Crippen molar-refractivity contribution < 1.29 is 27.1 Å². The zero-order valence-electron chi connectivity index (χ0n) is 18.9. The molecular weight excluding hydrogens is 447 g/mol. The van der Waals surface area contributed by atoms with E-state index in [0.29, 0.717) is 25.1 Å². The van der Waals surface area contributed by atoms with Gasteiger partial charge in [0, 0.05) is 31.1 Å². The summed E-state index contributed by atoms with van der Waals surface area (Å²) in [6.45, 7) is 1.19. The van der Waals surface area contributed by atoms with Crippen LogP contribution in [-0.4, -0.2) is 57.4 Å². The summed E-state index contributed by atoms with van der Waals surface area (Å²) in [5.41, 5.74) is 0.930. The smallest absolute Gasteiger partial charge is 0.243 e. The van der Waals surface area contributed by atoms with Crippen LogP contribution in [0, 0.1) is 11.7 Å². The third-order valence-electron chi connectivity index (χ3n) is 6.59. The topological polar surface area (TPSA) is 76.2 Å². The fraction of sp³-hybridized carbons (Fsp3) is 0.458. The Bertz CT molecular complexity index is 1100. The summed E-state index contributed by atoms with van der Waals surface area (Å²) < 4.78 is 51.2. The summed E-state index contributed by atoms with van der Waals surface area (Å²) in [6.07, 6.45) is 2.65. The molecule has 2 saturated heterocycles. The first kappa shape index (κ1) is 23.5. The van der Waals surface area contributed by atoms with Crippen LogP contribution < -0.4 is 9.47 Å². The quantitative estimate of drug-likeness (QED) is 0.637. The molecule has 9 heteroatoms. The summed E-state index contributed by atoms with van der Waals surface area (Å²) in [7, 11) is -0.483. The predicted octanol–water partition coefficient (Wildman–Crippen LogP) is 3.61. The first-order valence-electron chi connectivity index (χ1n) is 11.1. The van der Waals surface area contributed by atoms with Gasteiger partial charge in [0.1, 0.15) is 17.3 Å². The molecule has 1 amide bonds. The lowest BCUT2D eigenvalue weighted by Crippen LogP contribution is -2.44. The van der Waals surface area contributed by atoms with E-state index in [4.69, 9.17) is 9.47 Å². The van der Waals surface area contributed by atoms with Gasteiger partial charge in [-0.05, 0) is 68.1 Å². The Morgan fingerprint density at radius 1 is 0.970 bits per heavy atom. The number of amides is 1. The number of likely N-dealkylation sites (tertiary alicyclic amines) is 1. The first-order valence-corrected chi connectivity index (χ1v) is 12.6. The number of ether oxygens (including phenoxy) is 2. The van der Waals surface area contributed by atoms with Crippen molar-refractivity contribution in [1.29, 1.82) is 0 Å². The molecule has 4 rings (SSSR count). The molecule has 0 saturated carbocycles. The van der Waals surface area contributed by atoms with E-state index in [1.807, 2.05) is 23.1 Å². The monoisotopic (exact) mass is 476 g/mol. The van der Waals surface area contributed by atoms with E-state index < -0.39 is 15.8 Å². The molecule has 2 aliphatic rings. The Labute approximate surface area is 194 Å². The summed E-state index contributed by atoms with van der Waals surface area (Å²) >= 11 is 0. The molecule has 0 unspecified atom stereocenters. The fourth-order valence-electron chi connectivity index (χ4n) is 4.79. The molecule has 7 nitrogen and oxygen atoms in total. The largest absolute Gasteiger partial charge is 0.497 e. The van der Waals surface area contributed by atoms with E-state index in [1.165, 1.54) is 16.4 Å². The maximum atomic E-state index is 13.4. The third kappa shape index (κ3) is 4.70. The lowest BCUT2D eigenvalue weighted by Gasteiger charge is -2.34. The number of carbonyl (C=O) groups excluding carboxylic acids is 1. The molecule has 0 radical (unpaired) electrons. The van der Waals surface area contributed by atoms with Gasteiger partial charge in [-0.15, -0.1) is 0 Å². The van der Waals surface area contributed by atoms with Gasteiger partial charge in [-0.2, -0.15) is 4.31 Å². The minimum Gasteiger partial charge on any atom is -0.497 e. The van der Waals surface area contributed by atoms with E-state index in [-0.39, 0.29) is 35.9 Å². The molecule has 0 aromatic heterocycles. The van der Waals surface area contributed by atoms with Crippen molar-refractivity contribution in [2.24, 2.45) is 5.92 Å². The van der Waals surface area contributed by atoms with Crippen LogP contribution in [0.2, 0.25) is 0 Å². The van der Waals surface area contributed by atoms with E-state index in [2.05, 4.69) is 0 Å². The lowest BCUT2D eigenvalue weighted by molar-refractivity contribution is -0.137. The number of nitrogens with zero attached hydrogens (tertiary/aromatic N) is 2. The standard InChI is InChI=1S/C24H29FN2O5S/c1-31-19-7-10-23(32-2)21(16-19)22-4-3-13-27(22)24(28)17-11-14-26(15-12-17)33(29,30)20-8-5-18(25)6-9-20/h5-10,16-17,22H,3-4,11-15H2,1-2H3/t22-/m0/s1. The number of methoxy groups -OCH3 is 2. The second kappa shape index (κ2) is 9.69. The second-order valence-electron chi connectivity index (χ2n) is 8.43. The van der Waals surface area contributed by atoms with Crippen molar-refractivity contribution >= 4 is 15.9 Å². The molecule has 178 valence electrons. The summed E-state index contributed by atoms with van der Waals surface area (Å²) in [5, 5.41) is 0. The van der Waals surface area contributed by atoms with Gasteiger partial charge in [-0.3, -0.25) is 4.79 Å². The van der Waals surface area contributed by atoms with Gasteiger partial charge in [0.05, 0.1) is 25.2 Å². The molecular formula is C24H29FN2O5S. The average molecular weight is 477 g/mol. The van der Waals surface area contributed by atoms with E-state index in [1.54, 1.807) is 14.2 Å². The van der Waals surface area contributed by atoms with Crippen LogP contribution in [0.5, 0.6) is 11.5 Å². The Balaban J connectivity index is 1.46. The predicted molar refractivity (Wildman–Crippen MR) is 121 cm³/mol. The van der Waals surface area contributed by atoms with Crippen LogP contribution >= 0.6 is 0 Å². The first-order chi connectivity index (χ1) is 15.8. The average Bonchev–Trinajstić information content (AvgIpc) is 3.33. The van der Waals surface area contributed by atoms with Crippen LogP contribution in [-0.2, 0) is 14.8 Å². The maximum Gasteiger partial charge on any atom is 0.243 e. The molecule has 2 fully saturated rings. The van der Waals surface area contributed by atoms with Crippen LogP contribution in [0.4, 0.5) is 4.39 Å². The molecule has 0 N–H and O–H groups in total. The number of hydrogen-bond donors (Lipinski definition) is 0. The minimum atomic E-state index is -3.71. The number of sulfonamides is 1. The highest BCUT2D eigenvalue weighted by Gasteiger charge is 2.38. The Morgan fingerprint density at radius 2 is 1.67 bits per heavy atom. The highest BCUT2D eigenvalue weighted by atomic mass is 32.2. The lowest BCUT2D eigenvalue weighted by atomic mass is 9.95. The third-order valence-corrected chi connectivity index (χ3v) is 8.50. The molecule has 2 aromatic rings. The van der Waals surface area contributed by atoms with Gasteiger partial charge in [0.25, 0.3) is 0 Å². The fourth-order valence-corrected chi connectivity index (χ4v) is 6.26. The number of halogens is 1. The van der Waals surface area contributed by atoms with E-state index >= 15 is 0 Å². The number of carbonyl (C=O) groups is 1. The van der Waals surface area contributed by atoms with Gasteiger partial charge in [-0.1, -0.05) is 0 Å². The SMILES string of the molecule is COc1ccc(OC)c([C@@H]2CCCN2C(=O)C2CCN(S(=O)(=O)c3ccc(F)cc3)CC2)c1. The highest BCUT2D eigenvalue weighted by molar-refractivity contribution is 7.89. The van der Waals surface area contributed by atoms with Crippen LogP contribution in [0.15, 0.2) is 47.4 Å². The van der Waals surface area contributed by atoms with Crippen molar-refractivity contribution in [2.75, 3.05) is 33.9 Å². The van der Waals surface area contributed by atoms with Crippen molar-refractivity contribution in [3.05, 3.63) is 53.8 Å². The van der Waals surface area contributed by atoms with Gasteiger partial charge < -0.3 is 14.4 Å². The summed E-state index contributed by atoms with van der Waals surface area (Å²) in [6, 6.07) is 10.4. The summed E-state index contributed by atoms with van der Waals surface area (Å²) in [4.78, 5) is 15.4. The number of piperidine rings is 1. The van der Waals surface area contributed by atoms with E-state index in [0.717, 1.165) is 36.3 Å². The van der Waals surface area contributed by atoms with Gasteiger partial charge >= 0.3 is 0 Å². The molecule has 2 aromatic carbocycles. The van der Waals surface area contributed by atoms with Gasteiger partial charge in [0.2, 0.25) is 15.9 Å². The second-order valence-corrected chi connectivity index (χ2v) is 10.4. The van der Waals surface area contributed by atoms with E-state index in [9.17, 15) is 17.6 Å². The van der Waals surface area contributed by atoms with Crippen molar-refractivity contribution in [2.45, 2.75) is 36.6 Å². The van der Waals surface area contributed by atoms with Crippen molar-refractivity contribution in [1.82, 2.24) is 9.21 Å². The van der Waals surface area contributed by atoms with Gasteiger partial charge in [0.15, 0.2) is 0 Å². The highest BCUT2D eigenvalue weighted by Crippen LogP contribution is 2.40. The van der Waals surface area contributed by atoms with Crippen LogP contribution in [0.25, 0.3) is 0 Å². The zero-order valence-corrected chi connectivity index (χ0v) is 19.7. The normalized spacial score (nSPS) is 20.1. The van der Waals surface area contributed by atoms with Crippen LogP contribution in [0.3, 0.4) is 0 Å². The number of rotatable bonds is 6. The number of hydrogen-bond acceptors (Lipinski definition) is 5. The zero-order chi connectivity index (χ0) is 23.6. The Hall–Kier alpha value is -2.65. The van der Waals surface area contributed by atoms with Crippen molar-refractivity contribution in [3.8, 4) is 11.5 Å². The molecule has 0 bridgehead atoms. The van der Waals surface area contributed by atoms with Gasteiger partial charge in [-0.25, -0.2) is 12.8 Å².